The number of benzene rings is 1. The molecule has 0 atom stereocenters. The van der Waals surface area contributed by atoms with E-state index in [-0.39, 0.29) is 12.1 Å². The predicted octanol–water partition coefficient (Wildman–Crippen LogP) is 3.73. The molecular weight excluding hydrogens is 382 g/mol. The molecule has 2 amide bonds. The molecule has 30 heavy (non-hydrogen) atoms. The van der Waals surface area contributed by atoms with Gasteiger partial charge in [0.1, 0.15) is 5.69 Å². The van der Waals surface area contributed by atoms with Gasteiger partial charge in [0.15, 0.2) is 0 Å². The summed E-state index contributed by atoms with van der Waals surface area (Å²) in [4.78, 5) is 20.4. The van der Waals surface area contributed by atoms with E-state index in [1.807, 2.05) is 51.4 Å². The molecule has 0 bridgehead atoms. The fourth-order valence-corrected chi connectivity index (χ4v) is 2.95. The van der Waals surface area contributed by atoms with Gasteiger partial charge in [0.05, 0.1) is 5.56 Å². The third-order valence-electron chi connectivity index (χ3n) is 4.26. The largest absolute Gasteiger partial charge is 0.336 e. The highest BCUT2D eigenvalue weighted by Gasteiger charge is 2.18. The molecule has 4 aromatic rings. The van der Waals surface area contributed by atoms with E-state index in [0.717, 1.165) is 22.4 Å². The Morgan fingerprint density at radius 2 is 1.80 bits per heavy atom. The molecule has 3 aromatic heterocycles. The van der Waals surface area contributed by atoms with Gasteiger partial charge < -0.3 is 15.2 Å². The molecule has 0 radical (unpaired) electrons. The van der Waals surface area contributed by atoms with Crippen LogP contribution in [0.25, 0.3) is 34.1 Å². The Kier molecular flexibility index (Phi) is 5.25. The molecule has 152 valence electrons. The number of pyridine rings is 1. The normalized spacial score (nSPS) is 10.9. The molecule has 9 heteroatoms. The number of nitrogens with zero attached hydrogens (tertiary/aromatic N) is 5. The van der Waals surface area contributed by atoms with Crippen LogP contribution in [0.15, 0.2) is 59.5 Å². The van der Waals surface area contributed by atoms with Gasteiger partial charge in [0, 0.05) is 48.5 Å². The minimum absolute atomic E-state index is 0.0616. The number of carbonyl (C=O) groups excluding carboxylic acids is 1. The number of hydrogen-bond donors (Lipinski definition) is 2. The van der Waals surface area contributed by atoms with E-state index < -0.39 is 0 Å². The highest BCUT2D eigenvalue weighted by atomic mass is 16.5. The Morgan fingerprint density at radius 1 is 1.07 bits per heavy atom. The lowest BCUT2D eigenvalue weighted by Gasteiger charge is -2.10. The van der Waals surface area contributed by atoms with Crippen molar-refractivity contribution < 1.29 is 9.32 Å². The summed E-state index contributed by atoms with van der Waals surface area (Å²) in [5, 5.41) is 14.2. The van der Waals surface area contributed by atoms with Crippen LogP contribution in [0, 0.1) is 0 Å². The van der Waals surface area contributed by atoms with Crippen LogP contribution in [-0.2, 0) is 7.05 Å². The van der Waals surface area contributed by atoms with Gasteiger partial charge in [-0.2, -0.15) is 10.1 Å². The highest BCUT2D eigenvalue weighted by molar-refractivity contribution is 5.89. The van der Waals surface area contributed by atoms with Gasteiger partial charge in [0.25, 0.3) is 5.89 Å². The smallest absolute Gasteiger partial charge is 0.319 e. The summed E-state index contributed by atoms with van der Waals surface area (Å²) < 4.78 is 7.22. The Bertz CT molecular complexity index is 1150. The van der Waals surface area contributed by atoms with Crippen LogP contribution in [0.3, 0.4) is 0 Å². The molecule has 0 fully saturated rings. The molecule has 0 saturated carbocycles. The standard InChI is InChI=1S/C21H21N7O2/c1-13(2)23-21(29)24-16-6-4-15(5-7-16)19-25-20(30-27-19)17-12-28(3)26-18(17)14-8-10-22-11-9-14/h4-13H,1-3H3,(H2,23,24,29). The summed E-state index contributed by atoms with van der Waals surface area (Å²) in [6.07, 6.45) is 5.27. The van der Waals surface area contributed by atoms with E-state index >= 15 is 0 Å². The second kappa shape index (κ2) is 8.16. The maximum atomic E-state index is 11.8. The van der Waals surface area contributed by atoms with Crippen LogP contribution < -0.4 is 10.6 Å². The van der Waals surface area contributed by atoms with Crippen LogP contribution in [0.1, 0.15) is 13.8 Å². The second-order valence-electron chi connectivity index (χ2n) is 7.05. The van der Waals surface area contributed by atoms with Gasteiger partial charge in [-0.15, -0.1) is 0 Å². The van der Waals surface area contributed by atoms with Gasteiger partial charge in [-0.1, -0.05) is 5.16 Å². The molecule has 0 aliphatic carbocycles. The monoisotopic (exact) mass is 403 g/mol. The van der Waals surface area contributed by atoms with E-state index in [4.69, 9.17) is 4.52 Å². The number of aryl methyl sites for hydroxylation is 1. The summed E-state index contributed by atoms with van der Waals surface area (Å²) in [5.74, 6) is 0.830. The second-order valence-corrected chi connectivity index (χ2v) is 7.05. The molecule has 0 saturated heterocycles. The summed E-state index contributed by atoms with van der Waals surface area (Å²) in [6.45, 7) is 3.80. The van der Waals surface area contributed by atoms with Crippen molar-refractivity contribution in [2.75, 3.05) is 5.32 Å². The van der Waals surface area contributed by atoms with Crippen LogP contribution >= 0.6 is 0 Å². The first kappa shape index (κ1) is 19.3. The maximum Gasteiger partial charge on any atom is 0.319 e. The van der Waals surface area contributed by atoms with Gasteiger partial charge in [-0.25, -0.2) is 4.79 Å². The van der Waals surface area contributed by atoms with Crippen molar-refractivity contribution in [3.05, 3.63) is 55.0 Å². The molecule has 1 aromatic carbocycles. The van der Waals surface area contributed by atoms with Crippen molar-refractivity contribution in [1.29, 1.82) is 0 Å². The Hall–Kier alpha value is -4.01. The molecule has 0 aliphatic heterocycles. The number of anilines is 1. The minimum Gasteiger partial charge on any atom is -0.336 e. The molecule has 0 aliphatic rings. The molecule has 9 nitrogen and oxygen atoms in total. The van der Waals surface area contributed by atoms with Crippen LogP contribution in [0.2, 0.25) is 0 Å². The Morgan fingerprint density at radius 3 is 2.50 bits per heavy atom. The summed E-state index contributed by atoms with van der Waals surface area (Å²) >= 11 is 0. The maximum absolute atomic E-state index is 11.8. The first-order valence-electron chi connectivity index (χ1n) is 9.45. The lowest BCUT2D eigenvalue weighted by molar-refractivity contribution is 0.250. The van der Waals surface area contributed by atoms with Crippen LogP contribution in [-0.4, -0.2) is 37.0 Å². The van der Waals surface area contributed by atoms with Crippen molar-refractivity contribution in [3.63, 3.8) is 0 Å². The Labute approximate surface area is 173 Å². The molecular formula is C21H21N7O2. The van der Waals surface area contributed by atoms with Crippen molar-refractivity contribution in [2.24, 2.45) is 7.05 Å². The molecule has 4 rings (SSSR count). The molecule has 2 N–H and O–H groups in total. The SMILES string of the molecule is CC(C)NC(=O)Nc1ccc(-c2noc(-c3cn(C)nc3-c3ccncc3)n2)cc1. The van der Waals surface area contributed by atoms with Crippen LogP contribution in [0.4, 0.5) is 10.5 Å². The topological polar surface area (TPSA) is 111 Å². The Balaban J connectivity index is 1.56. The molecule has 0 spiro atoms. The molecule has 0 unspecified atom stereocenters. The van der Waals surface area contributed by atoms with Crippen LogP contribution in [0.5, 0.6) is 0 Å². The lowest BCUT2D eigenvalue weighted by Crippen LogP contribution is -2.34. The quantitative estimate of drug-likeness (QED) is 0.525. The van der Waals surface area contributed by atoms with E-state index in [1.165, 1.54) is 0 Å². The first-order chi connectivity index (χ1) is 14.5. The number of urea groups is 1. The summed E-state index contributed by atoms with van der Waals surface area (Å²) in [5.41, 5.74) is 3.84. The minimum atomic E-state index is -0.250. The van der Waals surface area contributed by atoms with Crippen molar-refractivity contribution >= 4 is 11.7 Å². The number of aromatic nitrogens is 5. The fourth-order valence-electron chi connectivity index (χ4n) is 2.95. The third kappa shape index (κ3) is 4.19. The summed E-state index contributed by atoms with van der Waals surface area (Å²) in [6, 6.07) is 10.8. The number of amides is 2. The number of carbonyl (C=O) groups is 1. The number of hydrogen-bond acceptors (Lipinski definition) is 6. The van der Waals surface area contributed by atoms with Crippen molar-refractivity contribution in [2.45, 2.75) is 19.9 Å². The average Bonchev–Trinajstić information content (AvgIpc) is 3.35. The average molecular weight is 403 g/mol. The first-order valence-corrected chi connectivity index (χ1v) is 9.45. The zero-order valence-corrected chi connectivity index (χ0v) is 16.8. The third-order valence-corrected chi connectivity index (χ3v) is 4.26. The van der Waals surface area contributed by atoms with E-state index in [2.05, 4.69) is 30.9 Å². The number of rotatable bonds is 5. The lowest BCUT2D eigenvalue weighted by atomic mass is 10.1. The highest BCUT2D eigenvalue weighted by Crippen LogP contribution is 2.31. The number of nitrogens with one attached hydrogen (secondary N) is 2. The van der Waals surface area contributed by atoms with Gasteiger partial charge >= 0.3 is 6.03 Å². The van der Waals surface area contributed by atoms with Gasteiger partial charge in [-0.3, -0.25) is 9.67 Å². The summed E-state index contributed by atoms with van der Waals surface area (Å²) in [7, 11) is 1.84. The zero-order chi connectivity index (χ0) is 21.1. The van der Waals surface area contributed by atoms with Gasteiger partial charge in [-0.05, 0) is 50.2 Å². The molecule has 3 heterocycles. The van der Waals surface area contributed by atoms with E-state index in [1.54, 1.807) is 29.2 Å². The van der Waals surface area contributed by atoms with Gasteiger partial charge in [0.2, 0.25) is 5.82 Å². The van der Waals surface area contributed by atoms with E-state index in [9.17, 15) is 4.79 Å². The van der Waals surface area contributed by atoms with E-state index in [0.29, 0.717) is 17.4 Å². The van der Waals surface area contributed by atoms with Crippen molar-refractivity contribution in [3.8, 4) is 34.1 Å². The van der Waals surface area contributed by atoms with Crippen molar-refractivity contribution in [1.82, 2.24) is 30.2 Å². The zero-order valence-electron chi connectivity index (χ0n) is 16.8. The predicted molar refractivity (Wildman–Crippen MR) is 112 cm³/mol. The fraction of sp³-hybridized carbons (Fsp3) is 0.190.